The van der Waals surface area contributed by atoms with Crippen molar-refractivity contribution in [3.05, 3.63) is 0 Å². The van der Waals surface area contributed by atoms with E-state index in [0.717, 1.165) is 12.8 Å². The van der Waals surface area contributed by atoms with E-state index in [2.05, 4.69) is 5.32 Å². The van der Waals surface area contributed by atoms with Crippen molar-refractivity contribution in [2.45, 2.75) is 58.0 Å². The van der Waals surface area contributed by atoms with Crippen LogP contribution in [-0.4, -0.2) is 53.8 Å². The predicted octanol–water partition coefficient (Wildman–Crippen LogP) is 2.09. The summed E-state index contributed by atoms with van der Waals surface area (Å²) < 4.78 is 5.08. The lowest BCUT2D eigenvalue weighted by Crippen LogP contribution is -2.61. The molecule has 3 atom stereocenters. The first kappa shape index (κ1) is 17.8. The molecule has 0 saturated heterocycles. The average molecular weight is 300 g/mol. The van der Waals surface area contributed by atoms with E-state index in [1.807, 2.05) is 20.8 Å². The van der Waals surface area contributed by atoms with Crippen LogP contribution in [0.25, 0.3) is 0 Å². The van der Waals surface area contributed by atoms with Gasteiger partial charge in [0.25, 0.3) is 0 Å². The highest BCUT2D eigenvalue weighted by Gasteiger charge is 2.44. The number of nitrogens with zero attached hydrogens (tertiary/aromatic N) is 1. The van der Waals surface area contributed by atoms with E-state index < -0.39 is 11.5 Å². The van der Waals surface area contributed by atoms with Crippen LogP contribution < -0.4 is 5.32 Å². The third-order valence-corrected chi connectivity index (χ3v) is 4.29. The number of methoxy groups -OCH3 is 1. The fourth-order valence-electron chi connectivity index (χ4n) is 3.18. The summed E-state index contributed by atoms with van der Waals surface area (Å²) in [5, 5.41) is 12.4. The Morgan fingerprint density at radius 1 is 1.52 bits per heavy atom. The van der Waals surface area contributed by atoms with E-state index in [9.17, 15) is 14.7 Å². The largest absolute Gasteiger partial charge is 0.480 e. The number of ether oxygens (including phenoxy) is 1. The summed E-state index contributed by atoms with van der Waals surface area (Å²) in [5.41, 5.74) is -1.13. The van der Waals surface area contributed by atoms with Crippen molar-refractivity contribution in [1.29, 1.82) is 0 Å². The van der Waals surface area contributed by atoms with Gasteiger partial charge in [-0.25, -0.2) is 9.59 Å². The van der Waals surface area contributed by atoms with E-state index in [4.69, 9.17) is 4.74 Å². The van der Waals surface area contributed by atoms with E-state index in [1.165, 1.54) is 0 Å². The number of aliphatic carboxylic acids is 1. The van der Waals surface area contributed by atoms with Crippen LogP contribution in [0.1, 0.15) is 46.5 Å². The van der Waals surface area contributed by atoms with E-state index >= 15 is 0 Å². The molecule has 1 rings (SSSR count). The van der Waals surface area contributed by atoms with Crippen LogP contribution in [0, 0.1) is 5.92 Å². The second kappa shape index (κ2) is 7.64. The summed E-state index contributed by atoms with van der Waals surface area (Å²) in [6.45, 7) is 6.75. The van der Waals surface area contributed by atoms with Crippen LogP contribution >= 0.6 is 0 Å². The number of likely N-dealkylation sites (N-methyl/N-ethyl adjacent to an activating group) is 1. The lowest BCUT2D eigenvalue weighted by molar-refractivity contribution is -0.146. The number of carbonyl (C=O) groups is 2. The maximum atomic E-state index is 12.5. The average Bonchev–Trinajstić information content (AvgIpc) is 2.39. The number of rotatable bonds is 6. The van der Waals surface area contributed by atoms with Crippen LogP contribution in [0.15, 0.2) is 0 Å². The van der Waals surface area contributed by atoms with Gasteiger partial charge in [-0.2, -0.15) is 0 Å². The zero-order chi connectivity index (χ0) is 16.0. The highest BCUT2D eigenvalue weighted by Crippen LogP contribution is 2.32. The number of carbonyl (C=O) groups excluding carboxylic acids is 1. The Hall–Kier alpha value is -1.30. The Kier molecular flexibility index (Phi) is 6.45. The third-order valence-electron chi connectivity index (χ3n) is 4.29. The topological polar surface area (TPSA) is 78.9 Å². The van der Waals surface area contributed by atoms with Crippen molar-refractivity contribution in [2.75, 3.05) is 20.3 Å². The van der Waals surface area contributed by atoms with Crippen LogP contribution in [0.4, 0.5) is 4.79 Å². The summed E-state index contributed by atoms with van der Waals surface area (Å²) in [5.74, 6) is -0.625. The van der Waals surface area contributed by atoms with Gasteiger partial charge < -0.3 is 20.1 Å². The van der Waals surface area contributed by atoms with Gasteiger partial charge in [0, 0.05) is 13.7 Å². The van der Waals surface area contributed by atoms with Crippen LogP contribution in [-0.2, 0) is 9.53 Å². The number of nitrogens with one attached hydrogen (secondary N) is 1. The van der Waals surface area contributed by atoms with Gasteiger partial charge in [-0.3, -0.25) is 0 Å². The van der Waals surface area contributed by atoms with Crippen LogP contribution in [0.5, 0.6) is 0 Å². The third kappa shape index (κ3) is 4.33. The van der Waals surface area contributed by atoms with Crippen molar-refractivity contribution in [3.63, 3.8) is 0 Å². The first-order chi connectivity index (χ1) is 9.86. The second-order valence-electron chi connectivity index (χ2n) is 6.11. The number of amides is 2. The van der Waals surface area contributed by atoms with Crippen molar-refractivity contribution in [3.8, 4) is 0 Å². The van der Waals surface area contributed by atoms with E-state index in [1.54, 1.807) is 12.0 Å². The first-order valence-electron chi connectivity index (χ1n) is 7.67. The number of urea groups is 1. The molecule has 1 fully saturated rings. The van der Waals surface area contributed by atoms with Crippen molar-refractivity contribution < 1.29 is 19.4 Å². The standard InChI is InChI=1S/C15H28N2O4/c1-5-17(12(3)10-21-4)14(20)16-15(13(18)19)8-6-7-11(2)9-15/h11-12H,5-10H2,1-4H3,(H,16,20)(H,18,19). The summed E-state index contributed by atoms with van der Waals surface area (Å²) in [7, 11) is 1.59. The molecule has 1 aliphatic carbocycles. The molecule has 1 aliphatic rings. The fourth-order valence-corrected chi connectivity index (χ4v) is 3.18. The number of carboxylic acids is 1. The summed E-state index contributed by atoms with van der Waals surface area (Å²) in [4.78, 5) is 25.8. The Morgan fingerprint density at radius 3 is 2.67 bits per heavy atom. The van der Waals surface area contributed by atoms with Gasteiger partial charge in [-0.15, -0.1) is 0 Å². The second-order valence-corrected chi connectivity index (χ2v) is 6.11. The molecule has 6 heteroatoms. The quantitative estimate of drug-likeness (QED) is 0.787. The number of hydrogen-bond acceptors (Lipinski definition) is 3. The summed E-state index contributed by atoms with van der Waals surface area (Å²) in [6, 6.07) is -0.412. The Morgan fingerprint density at radius 2 is 2.19 bits per heavy atom. The van der Waals surface area contributed by atoms with Crippen molar-refractivity contribution in [1.82, 2.24) is 10.2 Å². The number of hydrogen-bond donors (Lipinski definition) is 2. The molecule has 0 heterocycles. The van der Waals surface area contributed by atoms with Crippen molar-refractivity contribution in [2.24, 2.45) is 5.92 Å². The van der Waals surface area contributed by atoms with Gasteiger partial charge in [0.2, 0.25) is 0 Å². The molecule has 0 aliphatic heterocycles. The lowest BCUT2D eigenvalue weighted by Gasteiger charge is -2.39. The molecule has 0 aromatic carbocycles. The molecule has 0 bridgehead atoms. The monoisotopic (exact) mass is 300 g/mol. The first-order valence-corrected chi connectivity index (χ1v) is 7.67. The van der Waals surface area contributed by atoms with E-state index in [0.29, 0.717) is 31.9 Å². The zero-order valence-corrected chi connectivity index (χ0v) is 13.5. The van der Waals surface area contributed by atoms with Gasteiger partial charge in [-0.05, 0) is 32.6 Å². The highest BCUT2D eigenvalue weighted by atomic mass is 16.5. The minimum atomic E-state index is -1.13. The molecule has 0 spiro atoms. The van der Waals surface area contributed by atoms with Gasteiger partial charge >= 0.3 is 12.0 Å². The van der Waals surface area contributed by atoms with Gasteiger partial charge in [0.15, 0.2) is 0 Å². The van der Waals surface area contributed by atoms with Gasteiger partial charge in [-0.1, -0.05) is 19.8 Å². The van der Waals surface area contributed by atoms with Crippen LogP contribution in [0.2, 0.25) is 0 Å². The lowest BCUT2D eigenvalue weighted by atomic mass is 9.76. The Labute approximate surface area is 126 Å². The molecule has 122 valence electrons. The molecule has 0 radical (unpaired) electrons. The summed E-state index contributed by atoms with van der Waals surface area (Å²) >= 11 is 0. The Bertz CT molecular complexity index is 375. The van der Waals surface area contributed by atoms with E-state index in [-0.39, 0.29) is 12.1 Å². The molecule has 2 amide bonds. The maximum absolute atomic E-state index is 12.5. The molecular formula is C15H28N2O4. The summed E-state index contributed by atoms with van der Waals surface area (Å²) in [6.07, 6.45) is 2.83. The normalized spacial score (nSPS) is 27.0. The molecule has 6 nitrogen and oxygen atoms in total. The Balaban J connectivity index is 2.82. The SMILES string of the molecule is CCN(C(=O)NC1(C(=O)O)CCCC(C)C1)C(C)COC. The molecule has 0 aromatic rings. The highest BCUT2D eigenvalue weighted by molar-refractivity contribution is 5.86. The molecular weight excluding hydrogens is 272 g/mol. The minimum Gasteiger partial charge on any atom is -0.480 e. The molecule has 3 unspecified atom stereocenters. The zero-order valence-electron chi connectivity index (χ0n) is 13.5. The fraction of sp³-hybridized carbons (Fsp3) is 0.867. The smallest absolute Gasteiger partial charge is 0.329 e. The van der Waals surface area contributed by atoms with Crippen LogP contribution in [0.3, 0.4) is 0 Å². The van der Waals surface area contributed by atoms with Gasteiger partial charge in [0.1, 0.15) is 5.54 Å². The molecule has 21 heavy (non-hydrogen) atoms. The van der Waals surface area contributed by atoms with Crippen molar-refractivity contribution >= 4 is 12.0 Å². The molecule has 2 N–H and O–H groups in total. The minimum absolute atomic E-state index is 0.0909. The predicted molar refractivity (Wildman–Crippen MR) is 80.2 cm³/mol. The molecule has 1 saturated carbocycles. The van der Waals surface area contributed by atoms with Gasteiger partial charge in [0.05, 0.1) is 12.6 Å². The number of carboxylic acid groups (broad SMARTS) is 1. The maximum Gasteiger partial charge on any atom is 0.329 e. The molecule has 0 aromatic heterocycles.